The molecule has 0 unspecified atom stereocenters. The average molecular weight is 315 g/mol. The molecular weight excluding hydrogens is 303 g/mol. The van der Waals surface area contributed by atoms with Crippen molar-refractivity contribution in [1.29, 1.82) is 0 Å². The largest absolute Gasteiger partial charge is 0.338 e. The van der Waals surface area contributed by atoms with Gasteiger partial charge in [0.1, 0.15) is 5.82 Å². The molecule has 3 rings (SSSR count). The second kappa shape index (κ2) is 6.17. The van der Waals surface area contributed by atoms with Crippen LogP contribution in [0.4, 0.5) is 0 Å². The minimum atomic E-state index is 0.602. The zero-order chi connectivity index (χ0) is 14.7. The molecule has 104 valence electrons. The maximum atomic E-state index is 6.20. The van der Waals surface area contributed by atoms with Gasteiger partial charge in [0, 0.05) is 10.6 Å². The second-order valence-electron chi connectivity index (χ2n) is 4.55. The number of rotatable bonds is 3. The number of nitrogens with zero attached hydrogens (tertiary/aromatic N) is 1. The lowest BCUT2D eigenvalue weighted by molar-refractivity contribution is 1.27. The summed E-state index contributed by atoms with van der Waals surface area (Å²) >= 11 is 12.1. The molecule has 0 aliphatic heterocycles. The Kier molecular flexibility index (Phi) is 4.09. The number of imidazole rings is 1. The predicted molar refractivity (Wildman–Crippen MR) is 89.4 cm³/mol. The molecule has 0 aliphatic rings. The first-order chi connectivity index (χ1) is 10.2. The lowest BCUT2D eigenvalue weighted by atomic mass is 10.2. The summed E-state index contributed by atoms with van der Waals surface area (Å²) < 4.78 is 0. The van der Waals surface area contributed by atoms with Crippen molar-refractivity contribution in [2.45, 2.75) is 0 Å². The van der Waals surface area contributed by atoms with Crippen LogP contribution in [-0.4, -0.2) is 9.97 Å². The van der Waals surface area contributed by atoms with Crippen LogP contribution < -0.4 is 0 Å². The molecule has 2 aromatic carbocycles. The van der Waals surface area contributed by atoms with Crippen LogP contribution in [-0.2, 0) is 0 Å². The van der Waals surface area contributed by atoms with Crippen molar-refractivity contribution in [1.82, 2.24) is 9.97 Å². The fourth-order valence-corrected chi connectivity index (χ4v) is 2.52. The van der Waals surface area contributed by atoms with Crippen molar-refractivity contribution in [3.8, 4) is 11.3 Å². The van der Waals surface area contributed by atoms with Gasteiger partial charge < -0.3 is 4.98 Å². The molecule has 2 nitrogen and oxygen atoms in total. The van der Waals surface area contributed by atoms with E-state index in [0.717, 1.165) is 22.6 Å². The molecule has 0 saturated carbocycles. The molecule has 0 amide bonds. The van der Waals surface area contributed by atoms with E-state index in [2.05, 4.69) is 9.97 Å². The quantitative estimate of drug-likeness (QED) is 0.674. The van der Waals surface area contributed by atoms with Gasteiger partial charge in [0.2, 0.25) is 0 Å². The zero-order valence-electron chi connectivity index (χ0n) is 11.1. The number of aromatic nitrogens is 2. The highest BCUT2D eigenvalue weighted by Crippen LogP contribution is 2.29. The van der Waals surface area contributed by atoms with Gasteiger partial charge in [-0.05, 0) is 29.8 Å². The molecule has 1 aromatic heterocycles. The lowest BCUT2D eigenvalue weighted by Gasteiger charge is -2.01. The number of benzene rings is 2. The Morgan fingerprint density at radius 3 is 2.52 bits per heavy atom. The standard InChI is InChI=1S/C17H12Cl2N2/c18-13-7-8-14(15(19)10-13)16-11-20-17(21-16)9-6-12-4-2-1-3-5-12/h1-11H,(H,20,21). The molecule has 3 aromatic rings. The summed E-state index contributed by atoms with van der Waals surface area (Å²) in [5, 5.41) is 1.22. The summed E-state index contributed by atoms with van der Waals surface area (Å²) in [4.78, 5) is 7.57. The molecule has 0 radical (unpaired) electrons. The third-order valence-corrected chi connectivity index (χ3v) is 3.60. The minimum Gasteiger partial charge on any atom is -0.338 e. The number of nitrogens with one attached hydrogen (secondary N) is 1. The van der Waals surface area contributed by atoms with Crippen molar-refractivity contribution in [2.75, 3.05) is 0 Å². The van der Waals surface area contributed by atoms with Gasteiger partial charge in [-0.15, -0.1) is 0 Å². The molecule has 1 heterocycles. The van der Waals surface area contributed by atoms with Crippen LogP contribution in [0.2, 0.25) is 10.0 Å². The molecular formula is C17H12Cl2N2. The van der Waals surface area contributed by atoms with E-state index in [1.807, 2.05) is 54.6 Å². The molecule has 0 atom stereocenters. The monoisotopic (exact) mass is 314 g/mol. The molecule has 21 heavy (non-hydrogen) atoms. The topological polar surface area (TPSA) is 28.7 Å². The Morgan fingerprint density at radius 2 is 1.76 bits per heavy atom. The van der Waals surface area contributed by atoms with Gasteiger partial charge in [-0.1, -0.05) is 59.6 Å². The van der Waals surface area contributed by atoms with Crippen LogP contribution in [0, 0.1) is 0 Å². The van der Waals surface area contributed by atoms with Crippen molar-refractivity contribution < 1.29 is 0 Å². The normalized spacial score (nSPS) is 11.1. The Hall–Kier alpha value is -2.03. The first-order valence-electron chi connectivity index (χ1n) is 6.46. The highest BCUT2D eigenvalue weighted by Gasteiger charge is 2.06. The van der Waals surface area contributed by atoms with Gasteiger partial charge in [0.05, 0.1) is 16.9 Å². The molecule has 0 fully saturated rings. The second-order valence-corrected chi connectivity index (χ2v) is 5.39. The van der Waals surface area contributed by atoms with Crippen LogP contribution in [0.1, 0.15) is 11.4 Å². The molecule has 0 spiro atoms. The Bertz CT molecular complexity index is 776. The van der Waals surface area contributed by atoms with E-state index in [-0.39, 0.29) is 0 Å². The van der Waals surface area contributed by atoms with Crippen LogP contribution in [0.3, 0.4) is 0 Å². The van der Waals surface area contributed by atoms with Crippen LogP contribution in [0.15, 0.2) is 54.7 Å². The Morgan fingerprint density at radius 1 is 0.952 bits per heavy atom. The van der Waals surface area contributed by atoms with Crippen LogP contribution >= 0.6 is 23.2 Å². The third-order valence-electron chi connectivity index (χ3n) is 3.05. The number of halogens is 2. The predicted octanol–water partition coefficient (Wildman–Crippen LogP) is 5.55. The highest BCUT2D eigenvalue weighted by atomic mass is 35.5. The first-order valence-corrected chi connectivity index (χ1v) is 7.21. The number of H-pyrrole nitrogens is 1. The van der Waals surface area contributed by atoms with Crippen molar-refractivity contribution >= 4 is 35.4 Å². The zero-order valence-corrected chi connectivity index (χ0v) is 12.6. The smallest absolute Gasteiger partial charge is 0.130 e. The maximum absolute atomic E-state index is 6.20. The fraction of sp³-hybridized carbons (Fsp3) is 0. The summed E-state index contributed by atoms with van der Waals surface area (Å²) in [5.41, 5.74) is 2.87. The summed E-state index contributed by atoms with van der Waals surface area (Å²) in [6, 6.07) is 15.5. The summed E-state index contributed by atoms with van der Waals surface area (Å²) in [5.74, 6) is 0.778. The molecule has 0 aliphatic carbocycles. The summed E-state index contributed by atoms with van der Waals surface area (Å²) in [6.07, 6.45) is 5.70. The molecule has 4 heteroatoms. The van der Waals surface area contributed by atoms with Crippen molar-refractivity contribution in [3.63, 3.8) is 0 Å². The van der Waals surface area contributed by atoms with E-state index < -0.39 is 0 Å². The van der Waals surface area contributed by atoms with Gasteiger partial charge in [0.25, 0.3) is 0 Å². The fourth-order valence-electron chi connectivity index (χ4n) is 2.01. The highest BCUT2D eigenvalue weighted by molar-refractivity contribution is 6.36. The molecule has 0 bridgehead atoms. The Labute approximate surface area is 133 Å². The van der Waals surface area contributed by atoms with Gasteiger partial charge in [-0.25, -0.2) is 4.98 Å². The SMILES string of the molecule is Clc1ccc(-c2cnc(C=Cc3ccccc3)[nH]2)c(Cl)c1. The number of aromatic amines is 1. The third kappa shape index (κ3) is 3.35. The van der Waals surface area contributed by atoms with Crippen molar-refractivity contribution in [2.24, 2.45) is 0 Å². The van der Waals surface area contributed by atoms with Gasteiger partial charge in [-0.2, -0.15) is 0 Å². The van der Waals surface area contributed by atoms with Crippen LogP contribution in [0.5, 0.6) is 0 Å². The Balaban J connectivity index is 1.85. The number of hydrogen-bond acceptors (Lipinski definition) is 1. The minimum absolute atomic E-state index is 0.602. The van der Waals surface area contributed by atoms with Crippen LogP contribution in [0.25, 0.3) is 23.4 Å². The van der Waals surface area contributed by atoms with E-state index in [1.165, 1.54) is 0 Å². The van der Waals surface area contributed by atoms with Gasteiger partial charge in [0.15, 0.2) is 0 Å². The summed E-state index contributed by atoms with van der Waals surface area (Å²) in [6.45, 7) is 0. The van der Waals surface area contributed by atoms with Gasteiger partial charge in [-0.3, -0.25) is 0 Å². The van der Waals surface area contributed by atoms with E-state index in [0.29, 0.717) is 10.0 Å². The number of hydrogen-bond donors (Lipinski definition) is 1. The molecule has 0 saturated heterocycles. The van der Waals surface area contributed by atoms with Crippen molar-refractivity contribution in [3.05, 3.63) is 76.2 Å². The average Bonchev–Trinajstić information content (AvgIpc) is 2.95. The van der Waals surface area contributed by atoms with Gasteiger partial charge >= 0.3 is 0 Å². The van der Waals surface area contributed by atoms with E-state index in [9.17, 15) is 0 Å². The molecule has 1 N–H and O–H groups in total. The van der Waals surface area contributed by atoms with E-state index in [4.69, 9.17) is 23.2 Å². The van der Waals surface area contributed by atoms with E-state index in [1.54, 1.807) is 12.3 Å². The lowest BCUT2D eigenvalue weighted by Crippen LogP contribution is -1.80. The first kappa shape index (κ1) is 13.9. The maximum Gasteiger partial charge on any atom is 0.130 e. The van der Waals surface area contributed by atoms with E-state index >= 15 is 0 Å². The summed E-state index contributed by atoms with van der Waals surface area (Å²) in [7, 11) is 0.